The summed E-state index contributed by atoms with van der Waals surface area (Å²) in [5.41, 5.74) is 1.92. The van der Waals surface area contributed by atoms with E-state index in [1.54, 1.807) is 6.07 Å². The number of aryl methyl sites for hydroxylation is 1. The first-order valence-corrected chi connectivity index (χ1v) is 6.63. The largest absolute Gasteiger partial charge is 0.438 e. The molecule has 0 saturated heterocycles. The predicted octanol–water partition coefficient (Wildman–Crippen LogP) is 3.80. The summed E-state index contributed by atoms with van der Waals surface area (Å²) >= 11 is 3.32. The molecule has 1 N–H and O–H groups in total. The van der Waals surface area contributed by atoms with Gasteiger partial charge in [-0.05, 0) is 53.7 Å². The Kier molecular flexibility index (Phi) is 4.50. The van der Waals surface area contributed by atoms with Gasteiger partial charge < -0.3 is 10.1 Å². The average Bonchev–Trinajstić information content (AvgIpc) is 2.33. The molecular weight excluding hydrogens is 311 g/mol. The Morgan fingerprint density at radius 3 is 2.84 bits per heavy atom. The molecule has 0 aliphatic carbocycles. The summed E-state index contributed by atoms with van der Waals surface area (Å²) < 4.78 is 19.5. The number of nitrogens with zero attached hydrogens (tertiary/aromatic N) is 1. The number of halogens is 2. The van der Waals surface area contributed by atoms with Crippen molar-refractivity contribution in [1.82, 2.24) is 10.3 Å². The molecule has 100 valence electrons. The third kappa shape index (κ3) is 3.75. The van der Waals surface area contributed by atoms with Crippen LogP contribution in [0.5, 0.6) is 11.6 Å². The van der Waals surface area contributed by atoms with Crippen LogP contribution in [-0.2, 0) is 6.54 Å². The lowest BCUT2D eigenvalue weighted by atomic mass is 10.2. The molecule has 1 aromatic carbocycles. The Bertz CT molecular complexity index is 590. The second-order valence-electron chi connectivity index (χ2n) is 4.16. The first-order valence-electron chi connectivity index (χ1n) is 5.83. The number of aromatic nitrogens is 1. The van der Waals surface area contributed by atoms with Gasteiger partial charge in [-0.3, -0.25) is 0 Å². The summed E-state index contributed by atoms with van der Waals surface area (Å²) in [5, 5.41) is 3.07. The number of rotatable bonds is 4. The van der Waals surface area contributed by atoms with Crippen molar-refractivity contribution in [3.63, 3.8) is 0 Å². The number of nitrogens with one attached hydrogen (secondary N) is 1. The van der Waals surface area contributed by atoms with Crippen molar-refractivity contribution < 1.29 is 9.13 Å². The number of hydrogen-bond donors (Lipinski definition) is 1. The van der Waals surface area contributed by atoms with Gasteiger partial charge in [0.05, 0.1) is 4.47 Å². The van der Waals surface area contributed by atoms with Crippen LogP contribution in [0.1, 0.15) is 11.3 Å². The molecule has 0 bridgehead atoms. The lowest BCUT2D eigenvalue weighted by Gasteiger charge is -2.09. The molecule has 3 nitrogen and oxygen atoms in total. The zero-order valence-electron chi connectivity index (χ0n) is 10.7. The topological polar surface area (TPSA) is 34.2 Å². The Morgan fingerprint density at radius 1 is 1.32 bits per heavy atom. The summed E-state index contributed by atoms with van der Waals surface area (Å²) in [7, 11) is 1.87. The molecule has 5 heteroatoms. The van der Waals surface area contributed by atoms with Crippen LogP contribution >= 0.6 is 15.9 Å². The Hall–Kier alpha value is -1.46. The van der Waals surface area contributed by atoms with E-state index in [4.69, 9.17) is 4.74 Å². The maximum Gasteiger partial charge on any atom is 0.219 e. The highest BCUT2D eigenvalue weighted by molar-refractivity contribution is 9.10. The van der Waals surface area contributed by atoms with Crippen LogP contribution in [-0.4, -0.2) is 12.0 Å². The van der Waals surface area contributed by atoms with Gasteiger partial charge in [0.2, 0.25) is 5.88 Å². The third-order valence-electron chi connectivity index (χ3n) is 2.48. The number of benzene rings is 1. The quantitative estimate of drug-likeness (QED) is 0.928. The van der Waals surface area contributed by atoms with E-state index < -0.39 is 0 Å². The molecule has 0 spiro atoms. The SMILES string of the molecule is CNCc1cc(C)nc(Oc2cc(F)ccc2Br)c1. The van der Waals surface area contributed by atoms with Crippen LogP contribution < -0.4 is 10.1 Å². The normalized spacial score (nSPS) is 10.5. The van der Waals surface area contributed by atoms with E-state index in [2.05, 4.69) is 26.2 Å². The Morgan fingerprint density at radius 2 is 2.11 bits per heavy atom. The minimum Gasteiger partial charge on any atom is -0.438 e. The fourth-order valence-electron chi connectivity index (χ4n) is 1.73. The average molecular weight is 325 g/mol. The van der Waals surface area contributed by atoms with Crippen LogP contribution in [0.25, 0.3) is 0 Å². The summed E-state index contributed by atoms with van der Waals surface area (Å²) in [6, 6.07) is 8.11. The second-order valence-corrected chi connectivity index (χ2v) is 5.02. The molecule has 1 aromatic heterocycles. The van der Waals surface area contributed by atoms with Crippen molar-refractivity contribution >= 4 is 15.9 Å². The highest BCUT2D eigenvalue weighted by Gasteiger charge is 2.07. The Labute approximate surface area is 119 Å². The van der Waals surface area contributed by atoms with Crippen molar-refractivity contribution in [3.8, 4) is 11.6 Å². The van der Waals surface area contributed by atoms with Gasteiger partial charge in [-0.25, -0.2) is 9.37 Å². The van der Waals surface area contributed by atoms with E-state index in [1.807, 2.05) is 26.1 Å². The second kappa shape index (κ2) is 6.12. The highest BCUT2D eigenvalue weighted by Crippen LogP contribution is 2.29. The number of pyridine rings is 1. The summed E-state index contributed by atoms with van der Waals surface area (Å²) in [6.07, 6.45) is 0. The smallest absolute Gasteiger partial charge is 0.219 e. The molecule has 0 aliphatic heterocycles. The fraction of sp³-hybridized carbons (Fsp3) is 0.214. The van der Waals surface area contributed by atoms with Crippen molar-refractivity contribution in [1.29, 1.82) is 0 Å². The zero-order valence-corrected chi connectivity index (χ0v) is 12.3. The van der Waals surface area contributed by atoms with Crippen molar-refractivity contribution in [2.24, 2.45) is 0 Å². The van der Waals surface area contributed by atoms with E-state index in [0.717, 1.165) is 17.8 Å². The van der Waals surface area contributed by atoms with E-state index >= 15 is 0 Å². The highest BCUT2D eigenvalue weighted by atomic mass is 79.9. The van der Waals surface area contributed by atoms with Gasteiger partial charge in [-0.2, -0.15) is 0 Å². The molecule has 2 rings (SSSR count). The lowest BCUT2D eigenvalue weighted by molar-refractivity contribution is 0.453. The molecule has 0 atom stereocenters. The van der Waals surface area contributed by atoms with Crippen LogP contribution in [0.2, 0.25) is 0 Å². The van der Waals surface area contributed by atoms with Gasteiger partial charge in [0.1, 0.15) is 11.6 Å². The van der Waals surface area contributed by atoms with Crippen LogP contribution in [0.15, 0.2) is 34.8 Å². The molecule has 0 aliphatic rings. The standard InChI is InChI=1S/C14H14BrFN2O/c1-9-5-10(8-17-2)6-14(18-9)19-13-7-11(16)3-4-12(13)15/h3-7,17H,8H2,1-2H3. The van der Waals surface area contributed by atoms with Gasteiger partial charge in [0.25, 0.3) is 0 Å². The molecule has 19 heavy (non-hydrogen) atoms. The Balaban J connectivity index is 2.29. The summed E-state index contributed by atoms with van der Waals surface area (Å²) in [4.78, 5) is 4.29. The zero-order chi connectivity index (χ0) is 13.8. The van der Waals surface area contributed by atoms with E-state index in [1.165, 1.54) is 12.1 Å². The van der Waals surface area contributed by atoms with Crippen LogP contribution in [0.4, 0.5) is 4.39 Å². The molecule has 0 amide bonds. The molecule has 0 radical (unpaired) electrons. The third-order valence-corrected chi connectivity index (χ3v) is 3.13. The monoisotopic (exact) mass is 324 g/mol. The molecule has 2 aromatic rings. The maximum absolute atomic E-state index is 13.2. The molecule has 0 saturated carbocycles. The van der Waals surface area contributed by atoms with Crippen LogP contribution in [0.3, 0.4) is 0 Å². The van der Waals surface area contributed by atoms with Gasteiger partial charge in [0, 0.05) is 24.4 Å². The van der Waals surface area contributed by atoms with Crippen molar-refractivity contribution in [2.75, 3.05) is 7.05 Å². The molecular formula is C14H14BrFN2O. The molecule has 1 heterocycles. The molecule has 0 unspecified atom stereocenters. The van der Waals surface area contributed by atoms with Crippen LogP contribution in [0, 0.1) is 12.7 Å². The number of hydrogen-bond acceptors (Lipinski definition) is 3. The van der Waals surface area contributed by atoms with Gasteiger partial charge in [0.15, 0.2) is 0 Å². The first kappa shape index (κ1) is 14.0. The minimum absolute atomic E-state index is 0.346. The van der Waals surface area contributed by atoms with E-state index in [9.17, 15) is 4.39 Å². The number of ether oxygens (including phenoxy) is 1. The van der Waals surface area contributed by atoms with Gasteiger partial charge in [-0.15, -0.1) is 0 Å². The minimum atomic E-state index is -0.346. The maximum atomic E-state index is 13.2. The fourth-order valence-corrected chi connectivity index (χ4v) is 2.06. The van der Waals surface area contributed by atoms with E-state index in [0.29, 0.717) is 16.1 Å². The van der Waals surface area contributed by atoms with Crippen molar-refractivity contribution in [2.45, 2.75) is 13.5 Å². The van der Waals surface area contributed by atoms with Crippen molar-refractivity contribution in [3.05, 3.63) is 51.9 Å². The molecule has 0 fully saturated rings. The lowest BCUT2D eigenvalue weighted by Crippen LogP contribution is -2.06. The summed E-state index contributed by atoms with van der Waals surface area (Å²) in [5.74, 6) is 0.520. The van der Waals surface area contributed by atoms with Gasteiger partial charge in [-0.1, -0.05) is 0 Å². The summed E-state index contributed by atoms with van der Waals surface area (Å²) in [6.45, 7) is 2.62. The predicted molar refractivity (Wildman–Crippen MR) is 75.9 cm³/mol. The first-order chi connectivity index (χ1) is 9.08. The van der Waals surface area contributed by atoms with Gasteiger partial charge >= 0.3 is 0 Å². The van der Waals surface area contributed by atoms with E-state index in [-0.39, 0.29) is 5.82 Å².